The van der Waals surface area contributed by atoms with E-state index in [1.165, 1.54) is 24.3 Å². The zero-order valence-corrected chi connectivity index (χ0v) is 14.9. The summed E-state index contributed by atoms with van der Waals surface area (Å²) in [5, 5.41) is 19.8. The number of carbonyl (C=O) groups is 1. The third-order valence-corrected chi connectivity index (χ3v) is 3.99. The molecule has 136 valence electrons. The Morgan fingerprint density at radius 2 is 1.93 bits per heavy atom. The van der Waals surface area contributed by atoms with Gasteiger partial charge in [0.1, 0.15) is 5.71 Å². The van der Waals surface area contributed by atoms with Crippen molar-refractivity contribution < 1.29 is 9.72 Å². The smallest absolute Gasteiger partial charge is 0.303 e. The van der Waals surface area contributed by atoms with Crippen LogP contribution in [0.5, 0.6) is 0 Å². The van der Waals surface area contributed by atoms with Crippen LogP contribution in [0.2, 0.25) is 0 Å². The van der Waals surface area contributed by atoms with Crippen molar-refractivity contribution in [3.05, 3.63) is 69.8 Å². The average Bonchev–Trinajstić information content (AvgIpc) is 2.98. The molecule has 0 fully saturated rings. The summed E-state index contributed by atoms with van der Waals surface area (Å²) >= 11 is 4.85. The first kappa shape index (κ1) is 18.1. The Kier molecular flexibility index (Phi) is 4.90. The Hall–Kier alpha value is -3.66. The summed E-state index contributed by atoms with van der Waals surface area (Å²) in [6.07, 6.45) is 0. The molecule has 10 heteroatoms. The first-order valence-electron chi connectivity index (χ1n) is 7.75. The lowest BCUT2D eigenvalue weighted by Crippen LogP contribution is -2.36. The zero-order chi connectivity index (χ0) is 19.6. The molecule has 2 aromatic carbocycles. The maximum Gasteiger partial charge on any atom is 0.303 e. The van der Waals surface area contributed by atoms with Crippen molar-refractivity contribution in [2.24, 2.45) is 15.9 Å². The molecule has 1 aliphatic rings. The van der Waals surface area contributed by atoms with E-state index in [-0.39, 0.29) is 22.2 Å². The number of benzene rings is 2. The number of para-hydroxylation sites is 1. The summed E-state index contributed by atoms with van der Waals surface area (Å²) < 4.78 is 0. The predicted octanol–water partition coefficient (Wildman–Crippen LogP) is 2.16. The van der Waals surface area contributed by atoms with E-state index in [2.05, 4.69) is 15.6 Å². The predicted molar refractivity (Wildman–Crippen MR) is 106 cm³/mol. The molecule has 9 nitrogen and oxygen atoms in total. The number of hydrogen-bond donors (Lipinski definition) is 2. The highest BCUT2D eigenvalue weighted by molar-refractivity contribution is 7.80. The number of aryl methyl sites for hydroxylation is 1. The summed E-state index contributed by atoms with van der Waals surface area (Å²) in [5.41, 5.74) is 10.7. The molecule has 0 bridgehead atoms. The van der Waals surface area contributed by atoms with Crippen LogP contribution in [0, 0.1) is 17.0 Å². The fourth-order valence-electron chi connectivity index (χ4n) is 2.39. The van der Waals surface area contributed by atoms with Gasteiger partial charge in [-0.3, -0.25) is 20.3 Å². The summed E-state index contributed by atoms with van der Waals surface area (Å²) in [6, 6.07) is 13.0. The molecule has 3 N–H and O–H groups in total. The molecular weight excluding hydrogens is 368 g/mol. The van der Waals surface area contributed by atoms with Gasteiger partial charge in [-0.2, -0.15) is 15.2 Å². The van der Waals surface area contributed by atoms with Crippen LogP contribution in [0.1, 0.15) is 11.1 Å². The third-order valence-electron chi connectivity index (χ3n) is 3.81. The molecule has 0 saturated carbocycles. The second-order valence-electron chi connectivity index (χ2n) is 5.59. The molecule has 1 aliphatic heterocycles. The number of nitrogens with zero attached hydrogens (tertiary/aromatic N) is 4. The third kappa shape index (κ3) is 3.65. The van der Waals surface area contributed by atoms with Crippen LogP contribution in [0.4, 0.5) is 11.4 Å². The Bertz CT molecular complexity index is 1000. The van der Waals surface area contributed by atoms with Crippen molar-refractivity contribution in [1.82, 2.24) is 5.01 Å². The van der Waals surface area contributed by atoms with Crippen molar-refractivity contribution in [3.8, 4) is 0 Å². The SMILES string of the molecule is Cc1ccccc1N/N=C1/C(=O)N(C(N)=S)N=C1c1ccc([N+](=O)[O-])cc1. The topological polar surface area (TPSA) is 126 Å². The van der Waals surface area contributed by atoms with Crippen molar-refractivity contribution in [1.29, 1.82) is 0 Å². The number of nitrogens with one attached hydrogen (secondary N) is 1. The number of hydrogen-bond acceptors (Lipinski definition) is 7. The number of nitro benzene ring substituents is 1. The number of thiocarbonyl (C=S) groups is 1. The van der Waals surface area contributed by atoms with E-state index in [1.54, 1.807) is 0 Å². The fraction of sp³-hybridized carbons (Fsp3) is 0.0588. The molecule has 0 aliphatic carbocycles. The number of rotatable bonds is 4. The van der Waals surface area contributed by atoms with Crippen LogP contribution < -0.4 is 11.2 Å². The van der Waals surface area contributed by atoms with E-state index in [0.29, 0.717) is 5.56 Å². The number of nitro groups is 1. The number of anilines is 1. The van der Waals surface area contributed by atoms with Gasteiger partial charge >= 0.3 is 5.91 Å². The molecule has 0 saturated heterocycles. The minimum Gasteiger partial charge on any atom is -0.374 e. The minimum absolute atomic E-state index is 0.0000869. The number of carbonyl (C=O) groups excluding carboxylic acids is 1. The lowest BCUT2D eigenvalue weighted by Gasteiger charge is -2.07. The van der Waals surface area contributed by atoms with Gasteiger partial charge in [0.15, 0.2) is 10.8 Å². The first-order valence-corrected chi connectivity index (χ1v) is 8.16. The van der Waals surface area contributed by atoms with Crippen molar-refractivity contribution in [2.45, 2.75) is 6.92 Å². The molecule has 0 aromatic heterocycles. The van der Waals surface area contributed by atoms with E-state index < -0.39 is 10.8 Å². The molecule has 0 spiro atoms. The van der Waals surface area contributed by atoms with E-state index in [4.69, 9.17) is 18.0 Å². The normalized spacial score (nSPS) is 15.0. The van der Waals surface area contributed by atoms with E-state index in [9.17, 15) is 14.9 Å². The second kappa shape index (κ2) is 7.30. The molecule has 0 unspecified atom stereocenters. The lowest BCUT2D eigenvalue weighted by molar-refractivity contribution is -0.384. The minimum atomic E-state index is -0.586. The van der Waals surface area contributed by atoms with Gasteiger partial charge in [-0.1, -0.05) is 18.2 Å². The highest BCUT2D eigenvalue weighted by Gasteiger charge is 2.34. The van der Waals surface area contributed by atoms with Gasteiger partial charge in [0.2, 0.25) is 0 Å². The summed E-state index contributed by atoms with van der Waals surface area (Å²) in [7, 11) is 0. The van der Waals surface area contributed by atoms with Crippen molar-refractivity contribution in [3.63, 3.8) is 0 Å². The lowest BCUT2D eigenvalue weighted by atomic mass is 10.1. The molecule has 0 atom stereocenters. The zero-order valence-electron chi connectivity index (χ0n) is 14.1. The maximum atomic E-state index is 12.6. The van der Waals surface area contributed by atoms with E-state index in [1.807, 2.05) is 31.2 Å². The monoisotopic (exact) mass is 382 g/mol. The Morgan fingerprint density at radius 1 is 1.26 bits per heavy atom. The summed E-state index contributed by atoms with van der Waals surface area (Å²) in [6.45, 7) is 1.89. The molecule has 3 rings (SSSR count). The molecule has 1 heterocycles. The quantitative estimate of drug-likeness (QED) is 0.474. The van der Waals surface area contributed by atoms with Crippen LogP contribution >= 0.6 is 12.2 Å². The van der Waals surface area contributed by atoms with Crippen LogP contribution in [-0.4, -0.2) is 32.4 Å². The Labute approximate surface area is 159 Å². The van der Waals surface area contributed by atoms with Gasteiger partial charge in [0.05, 0.1) is 10.6 Å². The summed E-state index contributed by atoms with van der Waals surface area (Å²) in [5.74, 6) is -0.586. The molecule has 0 radical (unpaired) electrons. The highest BCUT2D eigenvalue weighted by Crippen LogP contribution is 2.19. The number of amides is 1. The van der Waals surface area contributed by atoms with Crippen molar-refractivity contribution in [2.75, 3.05) is 5.43 Å². The number of non-ortho nitro benzene ring substituents is 1. The molecule has 27 heavy (non-hydrogen) atoms. The van der Waals surface area contributed by atoms with Gasteiger partial charge in [0.25, 0.3) is 5.69 Å². The largest absolute Gasteiger partial charge is 0.374 e. The number of hydrazone groups is 2. The molecule has 1 amide bonds. The molecule has 2 aromatic rings. The van der Waals surface area contributed by atoms with Gasteiger partial charge < -0.3 is 5.73 Å². The van der Waals surface area contributed by atoms with Crippen LogP contribution in [0.25, 0.3) is 0 Å². The van der Waals surface area contributed by atoms with Crippen LogP contribution in [0.15, 0.2) is 58.7 Å². The van der Waals surface area contributed by atoms with E-state index >= 15 is 0 Å². The van der Waals surface area contributed by atoms with Gasteiger partial charge in [-0.05, 0) is 42.9 Å². The van der Waals surface area contributed by atoms with Crippen LogP contribution in [-0.2, 0) is 4.79 Å². The second-order valence-corrected chi connectivity index (χ2v) is 6.01. The van der Waals surface area contributed by atoms with Crippen molar-refractivity contribution >= 4 is 46.0 Å². The molecular formula is C17H14N6O3S. The van der Waals surface area contributed by atoms with E-state index in [0.717, 1.165) is 16.3 Å². The Morgan fingerprint density at radius 3 is 2.52 bits per heavy atom. The van der Waals surface area contributed by atoms with Gasteiger partial charge in [-0.15, -0.1) is 0 Å². The average molecular weight is 382 g/mol. The van der Waals surface area contributed by atoms with Gasteiger partial charge in [0, 0.05) is 17.7 Å². The number of nitrogens with two attached hydrogens (primary N) is 1. The first-order chi connectivity index (χ1) is 12.9. The maximum absolute atomic E-state index is 12.6. The van der Waals surface area contributed by atoms with Gasteiger partial charge in [-0.25, -0.2) is 0 Å². The van der Waals surface area contributed by atoms with Crippen LogP contribution in [0.3, 0.4) is 0 Å². The summed E-state index contributed by atoms with van der Waals surface area (Å²) in [4.78, 5) is 22.9. The fourth-order valence-corrected chi connectivity index (χ4v) is 2.52. The standard InChI is InChI=1S/C17H14N6O3S/c1-10-4-2-3-5-13(10)19-20-15-14(21-22(16(15)24)17(18)27)11-6-8-12(9-7-11)23(25)26/h2-9,19H,1H3,(H2,18,27)/b20-15+. The highest BCUT2D eigenvalue weighted by atomic mass is 32.1. The Balaban J connectivity index is 1.99.